The average Bonchev–Trinajstić information content (AvgIpc) is 3.22. The van der Waals surface area contributed by atoms with Crippen molar-refractivity contribution in [3.63, 3.8) is 0 Å². The van der Waals surface area contributed by atoms with E-state index in [4.69, 9.17) is 9.47 Å². The maximum atomic E-state index is 12.1. The summed E-state index contributed by atoms with van der Waals surface area (Å²) in [5.41, 5.74) is 1.81. The van der Waals surface area contributed by atoms with Crippen molar-refractivity contribution >= 4 is 11.6 Å². The normalized spacial score (nSPS) is 10.3. The van der Waals surface area contributed by atoms with E-state index >= 15 is 0 Å². The first-order chi connectivity index (χ1) is 13.6. The zero-order valence-electron chi connectivity index (χ0n) is 15.2. The van der Waals surface area contributed by atoms with Crippen LogP contribution in [-0.2, 0) is 13.2 Å². The number of amides is 1. The molecule has 3 aromatic rings. The van der Waals surface area contributed by atoms with E-state index in [0.717, 1.165) is 11.1 Å². The quantitative estimate of drug-likeness (QED) is 0.459. The molecule has 144 valence electrons. The van der Waals surface area contributed by atoms with Crippen LogP contribution in [-0.4, -0.2) is 22.9 Å². The van der Waals surface area contributed by atoms with Crippen molar-refractivity contribution in [1.29, 1.82) is 0 Å². The van der Waals surface area contributed by atoms with E-state index in [9.17, 15) is 14.9 Å². The van der Waals surface area contributed by atoms with Crippen molar-refractivity contribution in [2.24, 2.45) is 0 Å². The number of aromatic amines is 1. The van der Waals surface area contributed by atoms with Gasteiger partial charge in [0, 0.05) is 12.6 Å². The molecule has 0 bridgehead atoms. The van der Waals surface area contributed by atoms with Crippen molar-refractivity contribution in [3.05, 3.63) is 87.7 Å². The average molecular weight is 381 g/mol. The van der Waals surface area contributed by atoms with E-state index in [0.29, 0.717) is 18.1 Å². The fraction of sp³-hybridized carbons (Fsp3) is 0.150. The zero-order valence-corrected chi connectivity index (χ0v) is 15.2. The second-order valence-electron chi connectivity index (χ2n) is 5.97. The predicted octanol–water partition coefficient (Wildman–Crippen LogP) is 3.44. The number of nitro groups is 1. The fourth-order valence-corrected chi connectivity index (χ4v) is 2.57. The minimum atomic E-state index is -0.563. The Morgan fingerprint density at radius 2 is 1.89 bits per heavy atom. The van der Waals surface area contributed by atoms with Crippen LogP contribution < -0.4 is 14.8 Å². The highest BCUT2D eigenvalue weighted by atomic mass is 16.6. The lowest BCUT2D eigenvalue weighted by atomic mass is 10.2. The van der Waals surface area contributed by atoms with Crippen molar-refractivity contribution < 1.29 is 19.2 Å². The smallest absolute Gasteiger partial charge is 0.287 e. The van der Waals surface area contributed by atoms with Gasteiger partial charge in [0.15, 0.2) is 11.5 Å². The van der Waals surface area contributed by atoms with Gasteiger partial charge in [-0.2, -0.15) is 0 Å². The van der Waals surface area contributed by atoms with Crippen LogP contribution in [0.3, 0.4) is 0 Å². The largest absolute Gasteiger partial charge is 0.493 e. The molecular formula is C20H19N3O5. The number of H-pyrrole nitrogens is 1. The summed E-state index contributed by atoms with van der Waals surface area (Å²) < 4.78 is 11.2. The number of ether oxygens (including phenoxy) is 2. The summed E-state index contributed by atoms with van der Waals surface area (Å²) in [6.45, 7) is 0.653. The van der Waals surface area contributed by atoms with Crippen LogP contribution in [0.4, 0.5) is 5.69 Å². The molecule has 0 unspecified atom stereocenters. The van der Waals surface area contributed by atoms with Gasteiger partial charge in [-0.3, -0.25) is 14.9 Å². The lowest BCUT2D eigenvalue weighted by Gasteiger charge is -2.12. The van der Waals surface area contributed by atoms with Crippen molar-refractivity contribution in [2.45, 2.75) is 13.2 Å². The van der Waals surface area contributed by atoms with Gasteiger partial charge in [-0.1, -0.05) is 36.4 Å². The van der Waals surface area contributed by atoms with Crippen LogP contribution >= 0.6 is 0 Å². The van der Waals surface area contributed by atoms with E-state index in [1.165, 1.54) is 12.3 Å². The van der Waals surface area contributed by atoms with Gasteiger partial charge < -0.3 is 19.8 Å². The highest BCUT2D eigenvalue weighted by Crippen LogP contribution is 2.29. The van der Waals surface area contributed by atoms with Gasteiger partial charge in [-0.05, 0) is 23.3 Å². The number of rotatable bonds is 8. The third-order valence-corrected chi connectivity index (χ3v) is 4.04. The van der Waals surface area contributed by atoms with E-state index < -0.39 is 10.8 Å². The van der Waals surface area contributed by atoms with Gasteiger partial charge in [0.25, 0.3) is 11.6 Å². The highest BCUT2D eigenvalue weighted by Gasteiger charge is 2.14. The van der Waals surface area contributed by atoms with Gasteiger partial charge in [0.05, 0.1) is 18.2 Å². The summed E-state index contributed by atoms with van der Waals surface area (Å²) in [5, 5.41) is 13.4. The van der Waals surface area contributed by atoms with Gasteiger partial charge in [0.1, 0.15) is 12.3 Å². The minimum absolute atomic E-state index is 0.126. The first-order valence-electron chi connectivity index (χ1n) is 8.51. The second kappa shape index (κ2) is 8.72. The van der Waals surface area contributed by atoms with E-state index in [2.05, 4.69) is 10.3 Å². The topological polar surface area (TPSA) is 106 Å². The third-order valence-electron chi connectivity index (χ3n) is 4.04. The number of methoxy groups -OCH3 is 1. The van der Waals surface area contributed by atoms with Crippen LogP contribution in [0.15, 0.2) is 60.8 Å². The molecule has 1 amide bonds. The third kappa shape index (κ3) is 4.67. The zero-order chi connectivity index (χ0) is 19.9. The summed E-state index contributed by atoms with van der Waals surface area (Å²) in [7, 11) is 1.55. The molecule has 2 N–H and O–H groups in total. The molecule has 0 saturated carbocycles. The van der Waals surface area contributed by atoms with Gasteiger partial charge in [-0.15, -0.1) is 0 Å². The molecule has 0 aliphatic rings. The van der Waals surface area contributed by atoms with E-state index in [1.54, 1.807) is 19.2 Å². The number of carbonyl (C=O) groups is 1. The van der Waals surface area contributed by atoms with Gasteiger partial charge in [0.2, 0.25) is 0 Å². The lowest BCUT2D eigenvalue weighted by molar-refractivity contribution is -0.384. The molecule has 28 heavy (non-hydrogen) atoms. The number of nitrogens with zero attached hydrogens (tertiary/aromatic N) is 1. The number of benzene rings is 2. The molecule has 0 atom stereocenters. The van der Waals surface area contributed by atoms with Crippen LogP contribution in [0, 0.1) is 10.1 Å². The first-order valence-corrected chi connectivity index (χ1v) is 8.51. The van der Waals surface area contributed by atoms with Gasteiger partial charge in [-0.25, -0.2) is 0 Å². The molecule has 0 radical (unpaired) electrons. The number of aromatic nitrogens is 1. The van der Waals surface area contributed by atoms with Crippen LogP contribution in [0.5, 0.6) is 11.5 Å². The molecule has 1 heterocycles. The Hall–Kier alpha value is -3.81. The SMILES string of the molecule is COc1cc(CNC(=O)c2cc([N+](=O)[O-])c[nH]2)ccc1OCc1ccccc1. The first kappa shape index (κ1) is 19.0. The van der Waals surface area contributed by atoms with Crippen LogP contribution in [0.1, 0.15) is 21.6 Å². The molecule has 2 aromatic carbocycles. The minimum Gasteiger partial charge on any atom is -0.493 e. The summed E-state index contributed by atoms with van der Waals surface area (Å²) in [5.74, 6) is 0.719. The molecular weight excluding hydrogens is 362 g/mol. The Morgan fingerprint density at radius 1 is 1.11 bits per heavy atom. The molecule has 0 saturated heterocycles. The predicted molar refractivity (Wildman–Crippen MR) is 102 cm³/mol. The van der Waals surface area contributed by atoms with E-state index in [1.807, 2.05) is 36.4 Å². The maximum Gasteiger partial charge on any atom is 0.287 e. The molecule has 8 heteroatoms. The summed E-state index contributed by atoms with van der Waals surface area (Å²) in [4.78, 5) is 24.8. The molecule has 0 aliphatic heterocycles. The standard InChI is InChI=1S/C20H19N3O5/c1-27-19-9-15(7-8-18(19)28-13-14-5-3-2-4-6-14)11-22-20(24)17-10-16(12-21-17)23(25)26/h2-10,12,21H,11,13H2,1H3,(H,22,24). The monoisotopic (exact) mass is 381 g/mol. The van der Waals surface area contributed by atoms with Crippen molar-refractivity contribution in [1.82, 2.24) is 10.3 Å². The molecule has 1 aromatic heterocycles. The molecule has 0 fully saturated rings. The molecule has 8 nitrogen and oxygen atoms in total. The molecule has 0 aliphatic carbocycles. The Bertz CT molecular complexity index is 969. The number of hydrogen-bond donors (Lipinski definition) is 2. The number of carbonyl (C=O) groups excluding carboxylic acids is 1. The number of nitrogens with one attached hydrogen (secondary N) is 2. The second-order valence-corrected chi connectivity index (χ2v) is 5.97. The highest BCUT2D eigenvalue weighted by molar-refractivity contribution is 5.93. The summed E-state index contributed by atoms with van der Waals surface area (Å²) >= 11 is 0. The summed E-state index contributed by atoms with van der Waals surface area (Å²) in [6, 6.07) is 16.3. The summed E-state index contributed by atoms with van der Waals surface area (Å²) in [6.07, 6.45) is 1.18. The van der Waals surface area contributed by atoms with Crippen molar-refractivity contribution in [2.75, 3.05) is 7.11 Å². The number of hydrogen-bond acceptors (Lipinski definition) is 5. The molecule has 0 spiro atoms. The lowest BCUT2D eigenvalue weighted by Crippen LogP contribution is -2.23. The Labute approximate surface area is 161 Å². The van der Waals surface area contributed by atoms with Crippen molar-refractivity contribution in [3.8, 4) is 11.5 Å². The Kier molecular flexibility index (Phi) is 5.91. The van der Waals surface area contributed by atoms with Crippen LogP contribution in [0.2, 0.25) is 0 Å². The van der Waals surface area contributed by atoms with Crippen LogP contribution in [0.25, 0.3) is 0 Å². The fourth-order valence-electron chi connectivity index (χ4n) is 2.57. The Balaban J connectivity index is 1.61. The maximum absolute atomic E-state index is 12.1. The van der Waals surface area contributed by atoms with E-state index in [-0.39, 0.29) is 17.9 Å². The Morgan fingerprint density at radius 3 is 2.57 bits per heavy atom. The van der Waals surface area contributed by atoms with Gasteiger partial charge >= 0.3 is 0 Å². The molecule has 3 rings (SSSR count).